The summed E-state index contributed by atoms with van der Waals surface area (Å²) in [7, 11) is 1.63. The van der Waals surface area contributed by atoms with Crippen molar-refractivity contribution in [1.29, 1.82) is 0 Å². The smallest absolute Gasteiger partial charge is 0.169 e. The van der Waals surface area contributed by atoms with Gasteiger partial charge >= 0.3 is 0 Å². The molecule has 0 spiro atoms. The van der Waals surface area contributed by atoms with Gasteiger partial charge in [0.25, 0.3) is 0 Å². The van der Waals surface area contributed by atoms with E-state index >= 15 is 0 Å². The van der Waals surface area contributed by atoms with E-state index in [1.165, 1.54) is 0 Å². The summed E-state index contributed by atoms with van der Waals surface area (Å²) >= 11 is 3.40. The fraction of sp³-hybridized carbons (Fsp3) is 0.143. The summed E-state index contributed by atoms with van der Waals surface area (Å²) in [5, 5.41) is 0. The Balaban J connectivity index is 2.33. The molecular formula is C14H13BrO2. The highest BCUT2D eigenvalue weighted by Crippen LogP contribution is 2.34. The number of benzene rings is 2. The minimum atomic E-state index is 0.711. The highest BCUT2D eigenvalue weighted by atomic mass is 79.9. The first-order valence-electron chi connectivity index (χ1n) is 5.27. The number of hydrogen-bond acceptors (Lipinski definition) is 2. The van der Waals surface area contributed by atoms with Gasteiger partial charge < -0.3 is 9.47 Å². The van der Waals surface area contributed by atoms with Gasteiger partial charge in [0, 0.05) is 4.47 Å². The molecule has 0 saturated carbocycles. The van der Waals surface area contributed by atoms with Crippen LogP contribution >= 0.6 is 15.9 Å². The molecule has 2 rings (SSSR count). The summed E-state index contributed by atoms with van der Waals surface area (Å²) in [6.07, 6.45) is 0. The first kappa shape index (κ1) is 12.0. The average Bonchev–Trinajstić information content (AvgIpc) is 2.34. The molecule has 2 aromatic carbocycles. The largest absolute Gasteiger partial charge is 0.493 e. The Morgan fingerprint density at radius 1 is 0.941 bits per heavy atom. The Morgan fingerprint density at radius 2 is 1.71 bits per heavy atom. The molecule has 0 aliphatic carbocycles. The van der Waals surface area contributed by atoms with Crippen molar-refractivity contribution in [2.45, 2.75) is 6.92 Å². The van der Waals surface area contributed by atoms with Gasteiger partial charge in [-0.05, 0) is 36.8 Å². The van der Waals surface area contributed by atoms with Crippen LogP contribution in [0.25, 0.3) is 0 Å². The third kappa shape index (κ3) is 2.80. The minimum Gasteiger partial charge on any atom is -0.493 e. The summed E-state index contributed by atoms with van der Waals surface area (Å²) in [5.41, 5.74) is 1.09. The lowest BCUT2D eigenvalue weighted by Crippen LogP contribution is -1.91. The number of rotatable bonds is 3. The predicted octanol–water partition coefficient (Wildman–Crippen LogP) is 4.56. The van der Waals surface area contributed by atoms with Gasteiger partial charge in [-0.25, -0.2) is 0 Å². The van der Waals surface area contributed by atoms with Crippen LogP contribution in [0.4, 0.5) is 0 Å². The van der Waals surface area contributed by atoms with E-state index in [9.17, 15) is 0 Å². The van der Waals surface area contributed by atoms with E-state index in [0.29, 0.717) is 11.5 Å². The Hall–Kier alpha value is -1.48. The maximum absolute atomic E-state index is 5.84. The highest BCUT2D eigenvalue weighted by molar-refractivity contribution is 9.10. The van der Waals surface area contributed by atoms with Gasteiger partial charge in [-0.2, -0.15) is 0 Å². The Labute approximate surface area is 109 Å². The fourth-order valence-corrected chi connectivity index (χ4v) is 1.86. The summed E-state index contributed by atoms with van der Waals surface area (Å²) in [6, 6.07) is 13.6. The van der Waals surface area contributed by atoms with Gasteiger partial charge in [-0.3, -0.25) is 0 Å². The Kier molecular flexibility index (Phi) is 3.69. The standard InChI is InChI=1S/C14H13BrO2/c1-10-5-3-4-6-12(10)17-13-8-7-11(15)9-14(13)16-2/h3-9H,1-2H3. The van der Waals surface area contributed by atoms with Gasteiger partial charge in [-0.15, -0.1) is 0 Å². The van der Waals surface area contributed by atoms with Crippen molar-refractivity contribution < 1.29 is 9.47 Å². The van der Waals surface area contributed by atoms with E-state index in [2.05, 4.69) is 15.9 Å². The van der Waals surface area contributed by atoms with Crippen molar-refractivity contribution in [1.82, 2.24) is 0 Å². The van der Waals surface area contributed by atoms with Crippen LogP contribution in [-0.2, 0) is 0 Å². The molecule has 0 atom stereocenters. The first-order valence-corrected chi connectivity index (χ1v) is 6.07. The van der Waals surface area contributed by atoms with Crippen LogP contribution in [0.5, 0.6) is 17.2 Å². The maximum atomic E-state index is 5.84. The van der Waals surface area contributed by atoms with Gasteiger partial charge in [0.1, 0.15) is 5.75 Å². The molecule has 0 aliphatic rings. The van der Waals surface area contributed by atoms with Crippen LogP contribution < -0.4 is 9.47 Å². The van der Waals surface area contributed by atoms with Crippen LogP contribution in [-0.4, -0.2) is 7.11 Å². The zero-order valence-corrected chi connectivity index (χ0v) is 11.3. The van der Waals surface area contributed by atoms with E-state index in [-0.39, 0.29) is 0 Å². The molecular weight excluding hydrogens is 280 g/mol. The summed E-state index contributed by atoms with van der Waals surface area (Å²) in [6.45, 7) is 2.01. The highest BCUT2D eigenvalue weighted by Gasteiger charge is 2.07. The molecule has 0 heterocycles. The quantitative estimate of drug-likeness (QED) is 0.826. The SMILES string of the molecule is COc1cc(Br)ccc1Oc1ccccc1C. The third-order valence-corrected chi connectivity index (χ3v) is 2.93. The minimum absolute atomic E-state index is 0.711. The Morgan fingerprint density at radius 3 is 2.41 bits per heavy atom. The molecule has 0 radical (unpaired) electrons. The van der Waals surface area contributed by atoms with E-state index in [1.807, 2.05) is 49.4 Å². The average molecular weight is 293 g/mol. The maximum Gasteiger partial charge on any atom is 0.169 e. The number of aryl methyl sites for hydroxylation is 1. The summed E-state index contributed by atoms with van der Waals surface area (Å²) in [4.78, 5) is 0. The van der Waals surface area contributed by atoms with Crippen LogP contribution in [0.15, 0.2) is 46.9 Å². The van der Waals surface area contributed by atoms with Gasteiger partial charge in [0.15, 0.2) is 11.5 Å². The summed E-state index contributed by atoms with van der Waals surface area (Å²) < 4.78 is 12.1. The second-order valence-corrected chi connectivity index (χ2v) is 4.58. The molecule has 0 unspecified atom stereocenters. The van der Waals surface area contributed by atoms with Crippen molar-refractivity contribution >= 4 is 15.9 Å². The molecule has 0 bridgehead atoms. The zero-order chi connectivity index (χ0) is 12.3. The van der Waals surface area contributed by atoms with Gasteiger partial charge in [-0.1, -0.05) is 34.1 Å². The van der Waals surface area contributed by atoms with Crippen LogP contribution in [0.1, 0.15) is 5.56 Å². The number of halogens is 1. The van der Waals surface area contributed by atoms with E-state index in [4.69, 9.17) is 9.47 Å². The van der Waals surface area contributed by atoms with Crippen molar-refractivity contribution in [2.75, 3.05) is 7.11 Å². The molecule has 2 nitrogen and oxygen atoms in total. The molecule has 0 N–H and O–H groups in total. The van der Waals surface area contributed by atoms with Gasteiger partial charge in [0.2, 0.25) is 0 Å². The van der Waals surface area contributed by atoms with Gasteiger partial charge in [0.05, 0.1) is 7.11 Å². The first-order chi connectivity index (χ1) is 8.20. The second kappa shape index (κ2) is 5.23. The molecule has 88 valence electrons. The Bertz CT molecular complexity index is 523. The number of methoxy groups -OCH3 is 1. The molecule has 0 amide bonds. The van der Waals surface area contributed by atoms with Crippen molar-refractivity contribution in [3.8, 4) is 17.2 Å². The third-order valence-electron chi connectivity index (χ3n) is 2.44. The number of para-hydroxylation sites is 1. The van der Waals surface area contributed by atoms with Crippen molar-refractivity contribution in [3.05, 3.63) is 52.5 Å². The zero-order valence-electron chi connectivity index (χ0n) is 9.74. The molecule has 17 heavy (non-hydrogen) atoms. The van der Waals surface area contributed by atoms with E-state index < -0.39 is 0 Å². The lowest BCUT2D eigenvalue weighted by atomic mass is 10.2. The monoisotopic (exact) mass is 292 g/mol. The van der Waals surface area contributed by atoms with Crippen LogP contribution in [0.3, 0.4) is 0 Å². The molecule has 0 saturated heterocycles. The lowest BCUT2D eigenvalue weighted by molar-refractivity contribution is 0.378. The lowest BCUT2D eigenvalue weighted by Gasteiger charge is -2.12. The topological polar surface area (TPSA) is 18.5 Å². The molecule has 2 aromatic rings. The molecule has 0 fully saturated rings. The van der Waals surface area contributed by atoms with Crippen molar-refractivity contribution in [2.24, 2.45) is 0 Å². The fourth-order valence-electron chi connectivity index (χ4n) is 1.52. The van der Waals surface area contributed by atoms with E-state index in [0.717, 1.165) is 15.8 Å². The summed E-state index contributed by atoms with van der Waals surface area (Å²) in [5.74, 6) is 2.26. The number of ether oxygens (including phenoxy) is 2. The van der Waals surface area contributed by atoms with E-state index in [1.54, 1.807) is 7.11 Å². The van der Waals surface area contributed by atoms with Crippen LogP contribution in [0.2, 0.25) is 0 Å². The second-order valence-electron chi connectivity index (χ2n) is 3.66. The molecule has 3 heteroatoms. The molecule has 0 aliphatic heterocycles. The van der Waals surface area contributed by atoms with Crippen molar-refractivity contribution in [3.63, 3.8) is 0 Å². The predicted molar refractivity (Wildman–Crippen MR) is 71.9 cm³/mol. The number of hydrogen-bond donors (Lipinski definition) is 0. The molecule has 0 aromatic heterocycles. The normalized spacial score (nSPS) is 10.1. The van der Waals surface area contributed by atoms with Crippen LogP contribution in [0, 0.1) is 6.92 Å².